The van der Waals surface area contributed by atoms with E-state index in [9.17, 15) is 8.42 Å². The predicted molar refractivity (Wildman–Crippen MR) is 70.8 cm³/mol. The highest BCUT2D eigenvalue weighted by Gasteiger charge is 2.12. The predicted octanol–water partition coefficient (Wildman–Crippen LogP) is 1.86. The molecule has 0 radical (unpaired) electrons. The first-order valence-corrected chi connectivity index (χ1v) is 7.74. The van der Waals surface area contributed by atoms with Crippen molar-refractivity contribution < 1.29 is 13.0 Å². The summed E-state index contributed by atoms with van der Waals surface area (Å²) in [5, 5.41) is 1.93. The number of aromatic amines is 1. The van der Waals surface area contributed by atoms with E-state index in [0.29, 0.717) is 17.8 Å². The maximum Gasteiger partial charge on any atom is 0.294 e. The number of hydrogen-bond acceptors (Lipinski definition) is 5. The Morgan fingerprint density at radius 1 is 1.37 bits per heavy atom. The van der Waals surface area contributed by atoms with Crippen molar-refractivity contribution in [2.75, 3.05) is 0 Å². The van der Waals surface area contributed by atoms with Gasteiger partial charge in [0.05, 0.1) is 27.1 Å². The summed E-state index contributed by atoms with van der Waals surface area (Å²) in [7, 11) is -4.20. The molecular formula is C11H9N3O3S2. The first-order valence-electron chi connectivity index (χ1n) is 5.35. The van der Waals surface area contributed by atoms with E-state index >= 15 is 0 Å². The highest BCUT2D eigenvalue weighted by molar-refractivity contribution is 7.85. The molecule has 2 heterocycles. The van der Waals surface area contributed by atoms with Crippen LogP contribution < -0.4 is 0 Å². The Hall–Kier alpha value is -1.77. The van der Waals surface area contributed by atoms with Gasteiger partial charge in [0, 0.05) is 11.8 Å². The van der Waals surface area contributed by atoms with Crippen LogP contribution in [0.3, 0.4) is 0 Å². The van der Waals surface area contributed by atoms with Crippen LogP contribution in [0.15, 0.2) is 34.0 Å². The smallest absolute Gasteiger partial charge is 0.294 e. The van der Waals surface area contributed by atoms with Gasteiger partial charge in [-0.3, -0.25) is 4.55 Å². The summed E-state index contributed by atoms with van der Waals surface area (Å²) in [6, 6.07) is 4.25. The Kier molecular flexibility index (Phi) is 2.85. The maximum atomic E-state index is 11.0. The zero-order valence-corrected chi connectivity index (χ0v) is 11.2. The van der Waals surface area contributed by atoms with Gasteiger partial charge in [-0.2, -0.15) is 8.42 Å². The van der Waals surface area contributed by atoms with Gasteiger partial charge in [-0.15, -0.1) is 11.3 Å². The lowest BCUT2D eigenvalue weighted by atomic mass is 10.3. The van der Waals surface area contributed by atoms with Gasteiger partial charge in [-0.25, -0.2) is 9.97 Å². The molecule has 0 aliphatic carbocycles. The molecule has 0 amide bonds. The summed E-state index contributed by atoms with van der Waals surface area (Å²) < 4.78 is 31.1. The Balaban J connectivity index is 2.01. The fourth-order valence-corrected chi connectivity index (χ4v) is 2.84. The van der Waals surface area contributed by atoms with Crippen LogP contribution in [0.2, 0.25) is 0 Å². The molecule has 0 bridgehead atoms. The quantitative estimate of drug-likeness (QED) is 0.719. The van der Waals surface area contributed by atoms with Crippen LogP contribution in [0, 0.1) is 0 Å². The van der Waals surface area contributed by atoms with Crippen LogP contribution >= 0.6 is 11.3 Å². The average molecular weight is 295 g/mol. The topological polar surface area (TPSA) is 95.9 Å². The number of aromatic nitrogens is 3. The lowest BCUT2D eigenvalue weighted by Crippen LogP contribution is -1.97. The number of benzene rings is 1. The molecule has 8 heteroatoms. The molecule has 0 aliphatic heterocycles. The standard InChI is InChI=1S/C11H9N3O3S2/c15-19(16,17)8-1-2-9-10(4-8)14-11(13-9)3-7-5-18-6-12-7/h1-2,4-6H,3H2,(H,13,14)(H,15,16,17). The zero-order chi connectivity index (χ0) is 13.5. The van der Waals surface area contributed by atoms with Crippen LogP contribution in [0.25, 0.3) is 11.0 Å². The maximum absolute atomic E-state index is 11.0. The van der Waals surface area contributed by atoms with E-state index in [-0.39, 0.29) is 4.90 Å². The Morgan fingerprint density at radius 2 is 2.21 bits per heavy atom. The summed E-state index contributed by atoms with van der Waals surface area (Å²) in [6.45, 7) is 0. The number of rotatable bonds is 3. The molecule has 6 nitrogen and oxygen atoms in total. The van der Waals surface area contributed by atoms with Crippen molar-refractivity contribution in [2.45, 2.75) is 11.3 Å². The van der Waals surface area contributed by atoms with Gasteiger partial charge < -0.3 is 4.98 Å². The Bertz CT molecular complexity index is 822. The third kappa shape index (κ3) is 2.50. The zero-order valence-electron chi connectivity index (χ0n) is 9.57. The number of nitrogens with one attached hydrogen (secondary N) is 1. The number of H-pyrrole nitrogens is 1. The molecule has 98 valence electrons. The van der Waals surface area contributed by atoms with Crippen molar-refractivity contribution in [1.82, 2.24) is 15.0 Å². The number of hydrogen-bond donors (Lipinski definition) is 2. The van der Waals surface area contributed by atoms with Gasteiger partial charge in [-0.05, 0) is 18.2 Å². The molecule has 0 fully saturated rings. The SMILES string of the molecule is O=S(=O)(O)c1ccc2[nH]c(Cc3cscn3)nc2c1. The molecule has 0 saturated carbocycles. The van der Waals surface area contributed by atoms with Crippen LogP contribution in [0.1, 0.15) is 11.5 Å². The van der Waals surface area contributed by atoms with Crippen LogP contribution in [0.4, 0.5) is 0 Å². The minimum absolute atomic E-state index is 0.160. The lowest BCUT2D eigenvalue weighted by Gasteiger charge is -1.94. The highest BCUT2D eigenvalue weighted by Crippen LogP contribution is 2.18. The van der Waals surface area contributed by atoms with Crippen LogP contribution in [-0.2, 0) is 16.5 Å². The third-order valence-corrected chi connectivity index (χ3v) is 4.12. The normalized spacial score (nSPS) is 12.1. The summed E-state index contributed by atoms with van der Waals surface area (Å²) in [6.07, 6.45) is 0.555. The molecule has 0 spiro atoms. The molecule has 19 heavy (non-hydrogen) atoms. The lowest BCUT2D eigenvalue weighted by molar-refractivity contribution is 0.483. The summed E-state index contributed by atoms with van der Waals surface area (Å²) >= 11 is 1.51. The fraction of sp³-hybridized carbons (Fsp3) is 0.0909. The van der Waals surface area contributed by atoms with Gasteiger partial charge >= 0.3 is 0 Å². The summed E-state index contributed by atoms with van der Waals surface area (Å²) in [5.74, 6) is 0.702. The average Bonchev–Trinajstić information content (AvgIpc) is 2.95. The van der Waals surface area contributed by atoms with E-state index in [1.165, 1.54) is 23.5 Å². The van der Waals surface area contributed by atoms with Crippen molar-refractivity contribution in [2.24, 2.45) is 0 Å². The molecule has 0 atom stereocenters. The van der Waals surface area contributed by atoms with Gasteiger partial charge in [0.25, 0.3) is 10.1 Å². The van der Waals surface area contributed by atoms with E-state index in [0.717, 1.165) is 11.2 Å². The van der Waals surface area contributed by atoms with Gasteiger partial charge in [0.15, 0.2) is 0 Å². The minimum Gasteiger partial charge on any atom is -0.342 e. The van der Waals surface area contributed by atoms with E-state index in [1.54, 1.807) is 11.6 Å². The van der Waals surface area contributed by atoms with Gasteiger partial charge in [0.1, 0.15) is 5.82 Å². The molecule has 3 rings (SSSR count). The van der Waals surface area contributed by atoms with E-state index in [2.05, 4.69) is 15.0 Å². The van der Waals surface area contributed by atoms with E-state index < -0.39 is 10.1 Å². The number of thiazole rings is 1. The van der Waals surface area contributed by atoms with Gasteiger partial charge in [0.2, 0.25) is 0 Å². The second kappa shape index (κ2) is 4.41. The van der Waals surface area contributed by atoms with Gasteiger partial charge in [-0.1, -0.05) is 0 Å². The largest absolute Gasteiger partial charge is 0.342 e. The van der Waals surface area contributed by atoms with Crippen molar-refractivity contribution in [3.8, 4) is 0 Å². The van der Waals surface area contributed by atoms with Crippen LogP contribution in [-0.4, -0.2) is 27.9 Å². The molecule has 1 aromatic carbocycles. The molecule has 0 unspecified atom stereocenters. The fourth-order valence-electron chi connectivity index (χ4n) is 1.78. The Morgan fingerprint density at radius 3 is 2.89 bits per heavy atom. The van der Waals surface area contributed by atoms with Crippen molar-refractivity contribution in [1.29, 1.82) is 0 Å². The molecule has 0 aliphatic rings. The number of imidazole rings is 1. The molecular weight excluding hydrogens is 286 g/mol. The third-order valence-electron chi connectivity index (χ3n) is 2.63. The first kappa shape index (κ1) is 12.3. The minimum atomic E-state index is -4.20. The summed E-state index contributed by atoms with van der Waals surface area (Å²) in [4.78, 5) is 11.4. The second-order valence-corrected chi connectivity index (χ2v) is 6.13. The Labute approximate surface area is 112 Å². The number of fused-ring (bicyclic) bond motifs is 1. The van der Waals surface area contributed by atoms with Crippen molar-refractivity contribution in [3.05, 3.63) is 40.6 Å². The van der Waals surface area contributed by atoms with Crippen molar-refractivity contribution >= 4 is 32.5 Å². The van der Waals surface area contributed by atoms with Crippen molar-refractivity contribution in [3.63, 3.8) is 0 Å². The first-order chi connectivity index (χ1) is 9.02. The number of nitrogens with zero attached hydrogens (tertiary/aromatic N) is 2. The highest BCUT2D eigenvalue weighted by atomic mass is 32.2. The summed E-state index contributed by atoms with van der Waals surface area (Å²) in [5.41, 5.74) is 3.87. The molecule has 2 N–H and O–H groups in total. The molecule has 2 aromatic heterocycles. The second-order valence-electron chi connectivity index (χ2n) is 3.99. The van der Waals surface area contributed by atoms with E-state index in [1.807, 2.05) is 5.38 Å². The molecule has 3 aromatic rings. The van der Waals surface area contributed by atoms with Crippen LogP contribution in [0.5, 0.6) is 0 Å². The van der Waals surface area contributed by atoms with E-state index in [4.69, 9.17) is 4.55 Å². The monoisotopic (exact) mass is 295 g/mol. The molecule has 0 saturated heterocycles.